The number of benzene rings is 1. The molecule has 0 saturated heterocycles. The van der Waals surface area contributed by atoms with Crippen molar-refractivity contribution in [3.8, 4) is 5.88 Å². The van der Waals surface area contributed by atoms with Gasteiger partial charge in [-0.05, 0) is 20.2 Å². The summed E-state index contributed by atoms with van der Waals surface area (Å²) in [6.07, 6.45) is 0. The summed E-state index contributed by atoms with van der Waals surface area (Å²) >= 11 is 0. The van der Waals surface area contributed by atoms with Crippen LogP contribution in [0.5, 0.6) is 5.88 Å². The molecule has 0 amide bonds. The average molecular weight is 260 g/mol. The maximum absolute atomic E-state index is 11.3. The van der Waals surface area contributed by atoms with Gasteiger partial charge < -0.3 is 14.7 Å². The Morgan fingerprint density at radius 3 is 2.79 bits per heavy atom. The number of carbonyl (C=O) groups is 1. The van der Waals surface area contributed by atoms with E-state index in [1.54, 1.807) is 18.2 Å². The number of ether oxygens (including phenoxy) is 1. The topological polar surface area (TPSA) is 62.7 Å². The first-order chi connectivity index (χ1) is 9.08. The van der Waals surface area contributed by atoms with E-state index in [0.29, 0.717) is 23.4 Å². The highest BCUT2D eigenvalue weighted by Gasteiger charge is 2.12. The molecule has 0 fully saturated rings. The lowest BCUT2D eigenvalue weighted by atomic mass is 10.1. The van der Waals surface area contributed by atoms with Crippen molar-refractivity contribution in [3.63, 3.8) is 0 Å². The van der Waals surface area contributed by atoms with Gasteiger partial charge in [0, 0.05) is 18.0 Å². The Hall–Kier alpha value is -2.14. The molecule has 19 heavy (non-hydrogen) atoms. The molecule has 5 nitrogen and oxygen atoms in total. The molecule has 0 aliphatic carbocycles. The number of fused-ring (bicyclic) bond motifs is 1. The molecule has 1 aromatic carbocycles. The zero-order valence-corrected chi connectivity index (χ0v) is 11.0. The van der Waals surface area contributed by atoms with Crippen LogP contribution in [0, 0.1) is 0 Å². The summed E-state index contributed by atoms with van der Waals surface area (Å²) in [5.41, 5.74) is 0.840. The van der Waals surface area contributed by atoms with Crippen LogP contribution in [-0.4, -0.2) is 48.2 Å². The molecule has 0 aliphatic rings. The minimum absolute atomic E-state index is 0.213. The summed E-state index contributed by atoms with van der Waals surface area (Å²) in [4.78, 5) is 17.6. The molecule has 0 atom stereocenters. The SMILES string of the molecule is CN(C)CCOc1cc(C(=O)O)c2ccccc2n1. The van der Waals surface area contributed by atoms with E-state index < -0.39 is 5.97 Å². The van der Waals surface area contributed by atoms with Gasteiger partial charge in [0.1, 0.15) is 6.61 Å². The second-order valence-electron chi connectivity index (χ2n) is 4.48. The van der Waals surface area contributed by atoms with E-state index in [-0.39, 0.29) is 5.56 Å². The Kier molecular flexibility index (Phi) is 3.97. The molecule has 0 unspecified atom stereocenters. The van der Waals surface area contributed by atoms with Crippen LogP contribution in [-0.2, 0) is 0 Å². The first-order valence-electron chi connectivity index (χ1n) is 5.98. The van der Waals surface area contributed by atoms with Crippen molar-refractivity contribution in [3.05, 3.63) is 35.9 Å². The van der Waals surface area contributed by atoms with E-state index in [1.165, 1.54) is 6.07 Å². The maximum atomic E-state index is 11.3. The molecule has 2 rings (SSSR count). The van der Waals surface area contributed by atoms with Crippen molar-refractivity contribution in [2.75, 3.05) is 27.2 Å². The summed E-state index contributed by atoms with van der Waals surface area (Å²) in [6.45, 7) is 1.22. The number of carboxylic acid groups (broad SMARTS) is 1. The smallest absolute Gasteiger partial charge is 0.336 e. The molecule has 1 heterocycles. The van der Waals surface area contributed by atoms with Crippen molar-refractivity contribution < 1.29 is 14.6 Å². The Balaban J connectivity index is 2.33. The van der Waals surface area contributed by atoms with Crippen molar-refractivity contribution in [2.45, 2.75) is 0 Å². The molecule has 0 bridgehead atoms. The third kappa shape index (κ3) is 3.20. The number of nitrogens with zero attached hydrogens (tertiary/aromatic N) is 2. The van der Waals surface area contributed by atoms with Crippen molar-refractivity contribution in [2.24, 2.45) is 0 Å². The molecule has 2 aromatic rings. The average Bonchev–Trinajstić information content (AvgIpc) is 2.37. The van der Waals surface area contributed by atoms with Gasteiger partial charge in [0.25, 0.3) is 0 Å². The van der Waals surface area contributed by atoms with Gasteiger partial charge in [-0.2, -0.15) is 0 Å². The molecular weight excluding hydrogens is 244 g/mol. The fraction of sp³-hybridized carbons (Fsp3) is 0.286. The number of pyridine rings is 1. The molecule has 100 valence electrons. The normalized spacial score (nSPS) is 10.9. The Morgan fingerprint density at radius 1 is 1.37 bits per heavy atom. The number of aromatic carboxylic acids is 1. The van der Waals surface area contributed by atoms with Crippen LogP contribution < -0.4 is 4.74 Å². The third-order valence-electron chi connectivity index (χ3n) is 2.71. The molecule has 5 heteroatoms. The van der Waals surface area contributed by atoms with Gasteiger partial charge in [0.15, 0.2) is 0 Å². The molecular formula is C14H16N2O3. The molecule has 0 saturated carbocycles. The van der Waals surface area contributed by atoms with Crippen LogP contribution in [0.1, 0.15) is 10.4 Å². The quantitative estimate of drug-likeness (QED) is 0.889. The number of hydrogen-bond donors (Lipinski definition) is 1. The van der Waals surface area contributed by atoms with E-state index in [1.807, 2.05) is 25.1 Å². The number of carboxylic acids is 1. The Morgan fingerprint density at radius 2 is 2.11 bits per heavy atom. The number of rotatable bonds is 5. The second kappa shape index (κ2) is 5.67. The highest BCUT2D eigenvalue weighted by Crippen LogP contribution is 2.21. The molecule has 1 N–H and O–H groups in total. The number of likely N-dealkylation sites (N-methyl/N-ethyl adjacent to an activating group) is 1. The minimum atomic E-state index is -0.976. The second-order valence-corrected chi connectivity index (χ2v) is 4.48. The first-order valence-corrected chi connectivity index (χ1v) is 5.98. The standard InChI is InChI=1S/C14H16N2O3/c1-16(2)7-8-19-13-9-11(14(17)18)10-5-3-4-6-12(10)15-13/h3-6,9H,7-8H2,1-2H3,(H,17,18). The summed E-state index contributed by atoms with van der Waals surface area (Å²) < 4.78 is 5.50. The van der Waals surface area contributed by atoms with Crippen molar-refractivity contribution >= 4 is 16.9 Å². The van der Waals surface area contributed by atoms with Crippen LogP contribution in [0.25, 0.3) is 10.9 Å². The van der Waals surface area contributed by atoms with Crippen LogP contribution in [0.15, 0.2) is 30.3 Å². The fourth-order valence-electron chi connectivity index (χ4n) is 1.73. The van der Waals surface area contributed by atoms with Crippen LogP contribution in [0.3, 0.4) is 0 Å². The third-order valence-corrected chi connectivity index (χ3v) is 2.71. The van der Waals surface area contributed by atoms with E-state index in [2.05, 4.69) is 4.98 Å². The van der Waals surface area contributed by atoms with Crippen molar-refractivity contribution in [1.29, 1.82) is 0 Å². The van der Waals surface area contributed by atoms with Gasteiger partial charge in [0.05, 0.1) is 11.1 Å². The summed E-state index contributed by atoms with van der Waals surface area (Å²) in [5.74, 6) is -0.631. The van der Waals surface area contributed by atoms with Crippen LogP contribution >= 0.6 is 0 Å². The predicted molar refractivity (Wildman–Crippen MR) is 72.8 cm³/mol. The van der Waals surface area contributed by atoms with Gasteiger partial charge in [0.2, 0.25) is 5.88 Å². The number of aromatic nitrogens is 1. The van der Waals surface area contributed by atoms with Gasteiger partial charge >= 0.3 is 5.97 Å². The first kappa shape index (κ1) is 13.3. The zero-order chi connectivity index (χ0) is 13.8. The van der Waals surface area contributed by atoms with E-state index >= 15 is 0 Å². The number of hydrogen-bond acceptors (Lipinski definition) is 4. The van der Waals surface area contributed by atoms with E-state index in [0.717, 1.165) is 6.54 Å². The lowest BCUT2D eigenvalue weighted by Crippen LogP contribution is -2.19. The van der Waals surface area contributed by atoms with Gasteiger partial charge in [-0.15, -0.1) is 0 Å². The van der Waals surface area contributed by atoms with E-state index in [9.17, 15) is 9.90 Å². The summed E-state index contributed by atoms with van der Waals surface area (Å²) in [5, 5.41) is 9.85. The summed E-state index contributed by atoms with van der Waals surface area (Å²) in [7, 11) is 3.89. The van der Waals surface area contributed by atoms with Crippen LogP contribution in [0.2, 0.25) is 0 Å². The van der Waals surface area contributed by atoms with Gasteiger partial charge in [-0.1, -0.05) is 18.2 Å². The molecule has 1 aromatic heterocycles. The zero-order valence-electron chi connectivity index (χ0n) is 11.0. The minimum Gasteiger partial charge on any atom is -0.478 e. The molecule has 0 radical (unpaired) electrons. The predicted octanol–water partition coefficient (Wildman–Crippen LogP) is 1.87. The lowest BCUT2D eigenvalue weighted by Gasteiger charge is -2.11. The number of para-hydroxylation sites is 1. The lowest BCUT2D eigenvalue weighted by molar-refractivity contribution is 0.0698. The molecule has 0 spiro atoms. The highest BCUT2D eigenvalue weighted by atomic mass is 16.5. The Bertz CT molecular complexity index is 596. The maximum Gasteiger partial charge on any atom is 0.336 e. The highest BCUT2D eigenvalue weighted by molar-refractivity contribution is 6.02. The monoisotopic (exact) mass is 260 g/mol. The molecule has 0 aliphatic heterocycles. The van der Waals surface area contributed by atoms with Crippen molar-refractivity contribution in [1.82, 2.24) is 9.88 Å². The fourth-order valence-corrected chi connectivity index (χ4v) is 1.73. The Labute approximate surface area is 111 Å². The largest absolute Gasteiger partial charge is 0.478 e. The van der Waals surface area contributed by atoms with Gasteiger partial charge in [-0.3, -0.25) is 0 Å². The van der Waals surface area contributed by atoms with Gasteiger partial charge in [-0.25, -0.2) is 9.78 Å². The van der Waals surface area contributed by atoms with Crippen LogP contribution in [0.4, 0.5) is 0 Å². The van der Waals surface area contributed by atoms with E-state index in [4.69, 9.17) is 4.74 Å². The summed E-state index contributed by atoms with van der Waals surface area (Å²) in [6, 6.07) is 8.61.